The minimum Gasteiger partial charge on any atom is -0.502 e. The van der Waals surface area contributed by atoms with Gasteiger partial charge in [0.15, 0.2) is 18.5 Å². The molecule has 2 aromatic rings. The number of pyridine rings is 1. The van der Waals surface area contributed by atoms with E-state index in [1.54, 1.807) is 11.8 Å². The Labute approximate surface area is 112 Å². The summed E-state index contributed by atoms with van der Waals surface area (Å²) >= 11 is 1.57. The van der Waals surface area contributed by atoms with Gasteiger partial charge in [-0.25, -0.2) is 0 Å². The first-order valence-corrected chi connectivity index (χ1v) is 7.25. The molecule has 0 aliphatic rings. The monoisotopic (exact) mass is 260 g/mol. The Kier molecular flexibility index (Phi) is 4.26. The van der Waals surface area contributed by atoms with Gasteiger partial charge in [-0.05, 0) is 11.8 Å². The highest BCUT2D eigenvalue weighted by Gasteiger charge is 2.14. The first kappa shape index (κ1) is 13.0. The van der Waals surface area contributed by atoms with Gasteiger partial charge in [-0.15, -0.1) is 11.8 Å². The Balaban J connectivity index is 2.13. The van der Waals surface area contributed by atoms with Gasteiger partial charge in [0.05, 0.1) is 4.90 Å². The van der Waals surface area contributed by atoms with Gasteiger partial charge < -0.3 is 5.11 Å². The van der Waals surface area contributed by atoms with Gasteiger partial charge in [0.25, 0.3) is 0 Å². The molecule has 3 heteroatoms. The Morgan fingerprint density at radius 2 is 1.89 bits per heavy atom. The van der Waals surface area contributed by atoms with Crippen molar-refractivity contribution in [3.05, 3.63) is 53.9 Å². The molecule has 94 valence electrons. The summed E-state index contributed by atoms with van der Waals surface area (Å²) in [6, 6.07) is 12.4. The summed E-state index contributed by atoms with van der Waals surface area (Å²) in [6.45, 7) is 2.85. The van der Waals surface area contributed by atoms with E-state index in [4.69, 9.17) is 0 Å². The van der Waals surface area contributed by atoms with E-state index in [9.17, 15) is 5.11 Å². The third-order valence-electron chi connectivity index (χ3n) is 3.12. The number of aromatic hydroxyl groups is 1. The van der Waals surface area contributed by atoms with Gasteiger partial charge in [-0.2, -0.15) is 4.57 Å². The molecule has 0 amide bonds. The molecule has 2 nitrogen and oxygen atoms in total. The van der Waals surface area contributed by atoms with Crippen molar-refractivity contribution in [2.45, 2.75) is 24.8 Å². The smallest absolute Gasteiger partial charge is 0.221 e. The fourth-order valence-electron chi connectivity index (χ4n) is 1.96. The normalized spacial score (nSPS) is 10.6. The van der Waals surface area contributed by atoms with E-state index in [2.05, 4.69) is 28.8 Å². The average molecular weight is 260 g/mol. The van der Waals surface area contributed by atoms with Crippen LogP contribution < -0.4 is 4.57 Å². The van der Waals surface area contributed by atoms with E-state index in [1.807, 2.05) is 31.5 Å². The van der Waals surface area contributed by atoms with Gasteiger partial charge >= 0.3 is 0 Å². The molecule has 1 N–H and O–H groups in total. The number of aryl methyl sites for hydroxylation is 2. The summed E-state index contributed by atoms with van der Waals surface area (Å²) in [5, 5.41) is 10.0. The molecule has 0 unspecified atom stereocenters. The molecule has 18 heavy (non-hydrogen) atoms. The molecule has 0 spiro atoms. The summed E-state index contributed by atoms with van der Waals surface area (Å²) in [6.07, 6.45) is 5.00. The molecule has 0 saturated carbocycles. The van der Waals surface area contributed by atoms with Crippen LogP contribution in [-0.2, 0) is 13.0 Å². The fraction of sp³-hybridized carbons (Fsp3) is 0.267. The van der Waals surface area contributed by atoms with E-state index in [-0.39, 0.29) is 0 Å². The van der Waals surface area contributed by atoms with Crippen LogP contribution in [0.4, 0.5) is 0 Å². The van der Waals surface area contributed by atoms with Crippen LogP contribution in [0.25, 0.3) is 0 Å². The third kappa shape index (κ3) is 2.85. The first-order chi connectivity index (χ1) is 8.72. The summed E-state index contributed by atoms with van der Waals surface area (Å²) < 4.78 is 2.10. The van der Waals surface area contributed by atoms with Crippen LogP contribution in [0, 0.1) is 6.92 Å². The molecule has 0 fully saturated rings. The van der Waals surface area contributed by atoms with Gasteiger partial charge in [-0.1, -0.05) is 30.3 Å². The van der Waals surface area contributed by atoms with Crippen molar-refractivity contribution in [3.8, 4) is 5.75 Å². The number of thioether (sulfide) groups is 1. The van der Waals surface area contributed by atoms with Crippen molar-refractivity contribution < 1.29 is 9.67 Å². The molecule has 0 bridgehead atoms. The van der Waals surface area contributed by atoms with Gasteiger partial charge in [-0.3, -0.25) is 0 Å². The molecule has 0 aliphatic heterocycles. The van der Waals surface area contributed by atoms with Crippen LogP contribution >= 0.6 is 11.8 Å². The van der Waals surface area contributed by atoms with Gasteiger partial charge in [0.1, 0.15) is 0 Å². The first-order valence-electron chi connectivity index (χ1n) is 6.02. The second kappa shape index (κ2) is 5.91. The average Bonchev–Trinajstić information content (AvgIpc) is 2.42. The maximum Gasteiger partial charge on any atom is 0.221 e. The Bertz CT molecular complexity index is 526. The molecule has 0 aliphatic carbocycles. The number of aromatic nitrogens is 1. The predicted octanol–water partition coefficient (Wildman–Crippen LogP) is 2.95. The van der Waals surface area contributed by atoms with Crippen LogP contribution in [0.2, 0.25) is 0 Å². The van der Waals surface area contributed by atoms with Crippen molar-refractivity contribution in [2.75, 3.05) is 6.26 Å². The van der Waals surface area contributed by atoms with Crippen molar-refractivity contribution in [3.63, 3.8) is 0 Å². The van der Waals surface area contributed by atoms with E-state index in [1.165, 1.54) is 5.56 Å². The quantitative estimate of drug-likeness (QED) is 0.675. The zero-order valence-electron chi connectivity index (χ0n) is 10.8. The van der Waals surface area contributed by atoms with E-state index in [0.29, 0.717) is 5.75 Å². The number of hydrogen-bond donors (Lipinski definition) is 1. The topological polar surface area (TPSA) is 24.1 Å². The SMILES string of the molecule is CSc1cc[n+](CCc2ccccc2)c(C)c1O. The van der Waals surface area contributed by atoms with Crippen molar-refractivity contribution >= 4 is 11.8 Å². The lowest BCUT2D eigenvalue weighted by molar-refractivity contribution is -0.703. The lowest BCUT2D eigenvalue weighted by Crippen LogP contribution is -2.37. The molecule has 1 aromatic carbocycles. The predicted molar refractivity (Wildman–Crippen MR) is 75.0 cm³/mol. The zero-order valence-corrected chi connectivity index (χ0v) is 11.6. The van der Waals surface area contributed by atoms with Gasteiger partial charge in [0, 0.05) is 19.4 Å². The van der Waals surface area contributed by atoms with Crippen molar-refractivity contribution in [2.24, 2.45) is 0 Å². The maximum atomic E-state index is 10.0. The van der Waals surface area contributed by atoms with Crippen LogP contribution in [0.3, 0.4) is 0 Å². The summed E-state index contributed by atoms with van der Waals surface area (Å²) in [5.41, 5.74) is 2.25. The van der Waals surface area contributed by atoms with Crippen LogP contribution in [-0.4, -0.2) is 11.4 Å². The van der Waals surface area contributed by atoms with Crippen LogP contribution in [0.15, 0.2) is 47.5 Å². The number of rotatable bonds is 4. The molecule has 0 radical (unpaired) electrons. The molecular formula is C15H18NOS+. The Morgan fingerprint density at radius 1 is 1.17 bits per heavy atom. The highest BCUT2D eigenvalue weighted by molar-refractivity contribution is 7.98. The molecule has 1 heterocycles. The highest BCUT2D eigenvalue weighted by Crippen LogP contribution is 2.26. The maximum absolute atomic E-state index is 10.0. The standard InChI is InChI=1S/C15H17NOS/c1-12-15(17)14(18-2)9-11-16(12)10-8-13-6-4-3-5-7-13/h3-7,9,11H,8,10H2,1-2H3/p+1. The van der Waals surface area contributed by atoms with E-state index >= 15 is 0 Å². The number of nitrogens with zero attached hydrogens (tertiary/aromatic N) is 1. The molecule has 2 rings (SSSR count). The molecule has 0 atom stereocenters. The molecule has 0 saturated heterocycles. The van der Waals surface area contributed by atoms with Crippen LogP contribution in [0.5, 0.6) is 5.75 Å². The summed E-state index contributed by atoms with van der Waals surface area (Å²) in [4.78, 5) is 0.934. The lowest BCUT2D eigenvalue weighted by Gasteiger charge is -2.05. The minimum absolute atomic E-state index is 0.401. The second-order valence-corrected chi connectivity index (χ2v) is 5.10. The Hall–Kier alpha value is -1.48. The van der Waals surface area contributed by atoms with Crippen molar-refractivity contribution in [1.82, 2.24) is 0 Å². The molecular weight excluding hydrogens is 242 g/mol. The van der Waals surface area contributed by atoms with Crippen molar-refractivity contribution in [1.29, 1.82) is 0 Å². The molecule has 1 aromatic heterocycles. The third-order valence-corrected chi connectivity index (χ3v) is 3.89. The van der Waals surface area contributed by atoms with E-state index < -0.39 is 0 Å². The highest BCUT2D eigenvalue weighted by atomic mass is 32.2. The summed E-state index contributed by atoms with van der Waals surface area (Å²) in [5.74, 6) is 0.401. The van der Waals surface area contributed by atoms with Crippen LogP contribution in [0.1, 0.15) is 11.3 Å². The largest absolute Gasteiger partial charge is 0.502 e. The second-order valence-electron chi connectivity index (χ2n) is 4.25. The Morgan fingerprint density at radius 3 is 2.56 bits per heavy atom. The number of benzene rings is 1. The minimum atomic E-state index is 0.401. The lowest BCUT2D eigenvalue weighted by atomic mass is 10.1. The fourth-order valence-corrected chi connectivity index (χ4v) is 2.50. The van der Waals surface area contributed by atoms with Gasteiger partial charge in [0.2, 0.25) is 5.69 Å². The zero-order chi connectivity index (χ0) is 13.0. The number of hydrogen-bond acceptors (Lipinski definition) is 2. The van der Waals surface area contributed by atoms with E-state index in [0.717, 1.165) is 23.6 Å². The summed E-state index contributed by atoms with van der Waals surface area (Å²) in [7, 11) is 0.